The van der Waals surface area contributed by atoms with Gasteiger partial charge in [-0.25, -0.2) is 4.98 Å². The van der Waals surface area contributed by atoms with Gasteiger partial charge in [0, 0.05) is 6.42 Å². The van der Waals surface area contributed by atoms with Gasteiger partial charge in [0.2, 0.25) is 5.91 Å². The fourth-order valence-corrected chi connectivity index (χ4v) is 3.05. The molecule has 5 nitrogen and oxygen atoms in total. The molecule has 0 aliphatic carbocycles. The van der Waals surface area contributed by atoms with Gasteiger partial charge in [-0.15, -0.1) is 0 Å². The molecule has 0 aliphatic heterocycles. The first-order valence-corrected chi connectivity index (χ1v) is 9.41. The summed E-state index contributed by atoms with van der Waals surface area (Å²) < 4.78 is 46.6. The van der Waals surface area contributed by atoms with Crippen molar-refractivity contribution in [2.45, 2.75) is 39.4 Å². The van der Waals surface area contributed by atoms with Gasteiger partial charge in [0.25, 0.3) is 0 Å². The van der Waals surface area contributed by atoms with Crippen molar-refractivity contribution in [3.63, 3.8) is 0 Å². The smallest absolute Gasteiger partial charge is 0.416 e. The van der Waals surface area contributed by atoms with E-state index < -0.39 is 17.6 Å². The lowest BCUT2D eigenvalue weighted by molar-refractivity contribution is -0.137. The van der Waals surface area contributed by atoms with Crippen molar-refractivity contribution in [3.05, 3.63) is 53.9 Å². The first-order chi connectivity index (χ1) is 13.8. The standard InChI is InChI=1S/C21H22F3N3O2/c1-3-11-29-18-10-9-14(21(22,23)24)12-16(18)26-20(28)13-27-17-8-6-5-7-15(17)25-19(27)4-2/h5-10,12H,3-4,11,13H2,1-2H3,(H,26,28). The Bertz CT molecular complexity index is 1010. The molecule has 0 aliphatic rings. The van der Waals surface area contributed by atoms with Crippen molar-refractivity contribution >= 4 is 22.6 Å². The van der Waals surface area contributed by atoms with Crippen LogP contribution in [0.15, 0.2) is 42.5 Å². The molecule has 1 aromatic heterocycles. The van der Waals surface area contributed by atoms with E-state index in [0.717, 1.165) is 29.0 Å². The third-order valence-electron chi connectivity index (χ3n) is 4.39. The van der Waals surface area contributed by atoms with Crippen LogP contribution in [0, 0.1) is 0 Å². The molecule has 0 fully saturated rings. The Kier molecular flexibility index (Phi) is 6.10. The Morgan fingerprint density at radius 1 is 1.17 bits per heavy atom. The number of carbonyl (C=O) groups is 1. The predicted octanol–water partition coefficient (Wildman–Crippen LogP) is 5.05. The van der Waals surface area contributed by atoms with Crippen molar-refractivity contribution in [2.75, 3.05) is 11.9 Å². The molecule has 2 aromatic carbocycles. The lowest BCUT2D eigenvalue weighted by Gasteiger charge is -2.16. The topological polar surface area (TPSA) is 56.1 Å². The van der Waals surface area contributed by atoms with Gasteiger partial charge in [0.05, 0.1) is 28.9 Å². The van der Waals surface area contributed by atoms with Gasteiger partial charge in [0.15, 0.2) is 0 Å². The highest BCUT2D eigenvalue weighted by Crippen LogP contribution is 2.35. The number of aromatic nitrogens is 2. The number of nitrogens with one attached hydrogen (secondary N) is 1. The SMILES string of the molecule is CCCOc1ccc(C(F)(F)F)cc1NC(=O)Cn1c(CC)nc2ccccc21. The molecule has 3 aromatic rings. The monoisotopic (exact) mass is 405 g/mol. The number of benzene rings is 2. The number of rotatable bonds is 7. The summed E-state index contributed by atoms with van der Waals surface area (Å²) in [5.74, 6) is 0.482. The highest BCUT2D eigenvalue weighted by atomic mass is 19.4. The Labute approximate surface area is 166 Å². The van der Waals surface area contributed by atoms with Crippen molar-refractivity contribution in [1.82, 2.24) is 9.55 Å². The van der Waals surface area contributed by atoms with E-state index in [4.69, 9.17) is 4.74 Å². The summed E-state index contributed by atoms with van der Waals surface area (Å²) in [6.07, 6.45) is -3.20. The number of nitrogens with zero attached hydrogens (tertiary/aromatic N) is 2. The van der Waals surface area contributed by atoms with Crippen LogP contribution in [0.2, 0.25) is 0 Å². The second-order valence-corrected chi connectivity index (χ2v) is 6.56. The molecule has 0 saturated heterocycles. The molecule has 8 heteroatoms. The molecule has 29 heavy (non-hydrogen) atoms. The molecule has 0 radical (unpaired) electrons. The van der Waals surface area contributed by atoms with Crippen LogP contribution < -0.4 is 10.1 Å². The zero-order chi connectivity index (χ0) is 21.0. The number of alkyl halides is 3. The van der Waals surface area contributed by atoms with Gasteiger partial charge in [-0.1, -0.05) is 26.0 Å². The van der Waals surface area contributed by atoms with Crippen LogP contribution in [0.1, 0.15) is 31.7 Å². The van der Waals surface area contributed by atoms with Crippen molar-refractivity contribution in [3.8, 4) is 5.75 Å². The molecule has 1 heterocycles. The quantitative estimate of drug-likeness (QED) is 0.599. The Hall–Kier alpha value is -3.03. The average molecular weight is 405 g/mol. The highest BCUT2D eigenvalue weighted by molar-refractivity contribution is 5.93. The lowest BCUT2D eigenvalue weighted by Crippen LogP contribution is -2.21. The molecule has 1 amide bonds. The molecular formula is C21H22F3N3O2. The van der Waals surface area contributed by atoms with Gasteiger partial charge >= 0.3 is 6.18 Å². The summed E-state index contributed by atoms with van der Waals surface area (Å²) in [6, 6.07) is 10.5. The van der Waals surface area contributed by atoms with E-state index in [0.29, 0.717) is 19.4 Å². The second kappa shape index (κ2) is 8.55. The van der Waals surface area contributed by atoms with Crippen LogP contribution in [0.4, 0.5) is 18.9 Å². The Morgan fingerprint density at radius 2 is 1.93 bits per heavy atom. The van der Waals surface area contributed by atoms with Crippen LogP contribution in [-0.2, 0) is 23.9 Å². The number of hydrogen-bond donors (Lipinski definition) is 1. The molecule has 0 bridgehead atoms. The maximum atomic E-state index is 13.1. The molecule has 0 saturated carbocycles. The number of aryl methyl sites for hydroxylation is 1. The average Bonchev–Trinajstić information content (AvgIpc) is 3.03. The number of imidazole rings is 1. The lowest BCUT2D eigenvalue weighted by atomic mass is 10.1. The molecule has 0 atom stereocenters. The molecule has 3 rings (SSSR count). The largest absolute Gasteiger partial charge is 0.491 e. The van der Waals surface area contributed by atoms with Gasteiger partial charge in [-0.05, 0) is 36.8 Å². The van der Waals surface area contributed by atoms with Crippen molar-refractivity contribution in [2.24, 2.45) is 0 Å². The molecule has 154 valence electrons. The summed E-state index contributed by atoms with van der Waals surface area (Å²) in [4.78, 5) is 17.2. The summed E-state index contributed by atoms with van der Waals surface area (Å²) in [5, 5.41) is 2.57. The third-order valence-corrected chi connectivity index (χ3v) is 4.39. The maximum Gasteiger partial charge on any atom is 0.416 e. The fourth-order valence-electron chi connectivity index (χ4n) is 3.05. The predicted molar refractivity (Wildman–Crippen MR) is 105 cm³/mol. The van der Waals surface area contributed by atoms with Gasteiger partial charge in [0.1, 0.15) is 18.1 Å². The summed E-state index contributed by atoms with van der Waals surface area (Å²) in [5.41, 5.74) is 0.717. The zero-order valence-electron chi connectivity index (χ0n) is 16.2. The van der Waals surface area contributed by atoms with Crippen molar-refractivity contribution < 1.29 is 22.7 Å². The minimum atomic E-state index is -4.52. The van der Waals surface area contributed by atoms with Crippen LogP contribution in [-0.4, -0.2) is 22.1 Å². The molecule has 0 unspecified atom stereocenters. The van der Waals surface area contributed by atoms with Crippen LogP contribution in [0.25, 0.3) is 11.0 Å². The number of anilines is 1. The maximum absolute atomic E-state index is 13.1. The molecule has 1 N–H and O–H groups in total. The van der Waals surface area contributed by atoms with E-state index >= 15 is 0 Å². The van der Waals surface area contributed by atoms with E-state index in [2.05, 4.69) is 10.3 Å². The number of ether oxygens (including phenoxy) is 1. The number of carbonyl (C=O) groups excluding carboxylic acids is 1. The molecular weight excluding hydrogens is 383 g/mol. The van der Waals surface area contributed by atoms with E-state index in [1.54, 1.807) is 4.57 Å². The number of hydrogen-bond acceptors (Lipinski definition) is 3. The van der Waals surface area contributed by atoms with Crippen molar-refractivity contribution in [1.29, 1.82) is 0 Å². The number of halogens is 3. The van der Waals surface area contributed by atoms with Gasteiger partial charge < -0.3 is 14.6 Å². The number of para-hydroxylation sites is 2. The van der Waals surface area contributed by atoms with E-state index in [-0.39, 0.29) is 18.0 Å². The Morgan fingerprint density at radius 3 is 2.62 bits per heavy atom. The first-order valence-electron chi connectivity index (χ1n) is 9.41. The first kappa shape index (κ1) is 20.7. The summed E-state index contributed by atoms with van der Waals surface area (Å²) >= 11 is 0. The van der Waals surface area contributed by atoms with E-state index in [9.17, 15) is 18.0 Å². The second-order valence-electron chi connectivity index (χ2n) is 6.56. The highest BCUT2D eigenvalue weighted by Gasteiger charge is 2.31. The van der Waals surface area contributed by atoms with Crippen LogP contribution in [0.5, 0.6) is 5.75 Å². The third kappa shape index (κ3) is 4.70. The number of amides is 1. The summed E-state index contributed by atoms with van der Waals surface area (Å²) in [6.45, 7) is 4.09. The van der Waals surface area contributed by atoms with E-state index in [1.807, 2.05) is 38.1 Å². The van der Waals surface area contributed by atoms with E-state index in [1.165, 1.54) is 6.07 Å². The molecule has 0 spiro atoms. The Balaban J connectivity index is 1.88. The summed E-state index contributed by atoms with van der Waals surface area (Å²) in [7, 11) is 0. The fraction of sp³-hybridized carbons (Fsp3) is 0.333. The minimum Gasteiger partial charge on any atom is -0.491 e. The van der Waals surface area contributed by atoms with Crippen LogP contribution in [0.3, 0.4) is 0 Å². The van der Waals surface area contributed by atoms with Gasteiger partial charge in [-0.3, -0.25) is 4.79 Å². The number of fused-ring (bicyclic) bond motifs is 1. The zero-order valence-corrected chi connectivity index (χ0v) is 16.2. The van der Waals surface area contributed by atoms with Crippen LogP contribution >= 0.6 is 0 Å². The normalized spacial score (nSPS) is 11.6. The van der Waals surface area contributed by atoms with Gasteiger partial charge in [-0.2, -0.15) is 13.2 Å². The minimum absolute atomic E-state index is 0.000689.